The molecular weight excluding hydrogens is 282 g/mol. The number of carbonyl (C=O) groups is 2. The molecule has 0 bridgehead atoms. The van der Waals surface area contributed by atoms with Crippen molar-refractivity contribution in [1.82, 2.24) is 4.90 Å². The SMILES string of the molecule is O=C(O)C1CCC(CN2Cc3ccc(CO)cc3C2=O)CC1. The van der Waals surface area contributed by atoms with E-state index in [9.17, 15) is 14.7 Å². The Morgan fingerprint density at radius 1 is 1.23 bits per heavy atom. The maximum atomic E-state index is 12.5. The molecule has 3 rings (SSSR count). The fraction of sp³-hybridized carbons (Fsp3) is 0.529. The second-order valence-electron chi connectivity index (χ2n) is 6.39. The number of fused-ring (bicyclic) bond motifs is 1. The molecule has 0 spiro atoms. The summed E-state index contributed by atoms with van der Waals surface area (Å²) in [5.41, 5.74) is 2.48. The van der Waals surface area contributed by atoms with E-state index >= 15 is 0 Å². The quantitative estimate of drug-likeness (QED) is 0.892. The van der Waals surface area contributed by atoms with Gasteiger partial charge in [-0.25, -0.2) is 0 Å². The molecule has 2 N–H and O–H groups in total. The molecule has 1 fully saturated rings. The standard InChI is InChI=1S/C17H21NO4/c19-10-12-3-6-14-9-18(16(20)15(14)7-12)8-11-1-4-13(5-2-11)17(21)22/h3,6-7,11,13,19H,1-2,4-5,8-10H2,(H,21,22). The molecule has 2 aliphatic rings. The van der Waals surface area contributed by atoms with Gasteiger partial charge < -0.3 is 15.1 Å². The van der Waals surface area contributed by atoms with Crippen molar-refractivity contribution in [3.8, 4) is 0 Å². The van der Waals surface area contributed by atoms with Gasteiger partial charge in [-0.1, -0.05) is 12.1 Å². The Morgan fingerprint density at radius 2 is 1.95 bits per heavy atom. The molecule has 1 aromatic carbocycles. The van der Waals surface area contributed by atoms with Crippen LogP contribution in [0.5, 0.6) is 0 Å². The van der Waals surface area contributed by atoms with Gasteiger partial charge in [0, 0.05) is 18.7 Å². The normalized spacial score (nSPS) is 24.4. The number of amides is 1. The molecule has 5 nitrogen and oxygen atoms in total. The van der Waals surface area contributed by atoms with Crippen molar-refractivity contribution >= 4 is 11.9 Å². The predicted octanol–water partition coefficient (Wildman–Crippen LogP) is 2.03. The van der Waals surface area contributed by atoms with Crippen molar-refractivity contribution in [2.24, 2.45) is 11.8 Å². The van der Waals surface area contributed by atoms with Crippen LogP contribution in [0.2, 0.25) is 0 Å². The molecule has 0 unspecified atom stereocenters. The van der Waals surface area contributed by atoms with Crippen LogP contribution in [0.25, 0.3) is 0 Å². The maximum absolute atomic E-state index is 12.5. The number of aliphatic hydroxyl groups excluding tert-OH is 1. The smallest absolute Gasteiger partial charge is 0.306 e. The van der Waals surface area contributed by atoms with E-state index in [1.807, 2.05) is 17.0 Å². The minimum atomic E-state index is -0.695. The second kappa shape index (κ2) is 6.08. The van der Waals surface area contributed by atoms with Crippen molar-refractivity contribution in [3.05, 3.63) is 34.9 Å². The van der Waals surface area contributed by atoms with Crippen LogP contribution in [0, 0.1) is 11.8 Å². The summed E-state index contributed by atoms with van der Waals surface area (Å²) in [6, 6.07) is 5.55. The van der Waals surface area contributed by atoms with Crippen LogP contribution in [0.3, 0.4) is 0 Å². The fourth-order valence-electron chi connectivity index (χ4n) is 3.56. The van der Waals surface area contributed by atoms with Gasteiger partial charge in [0.1, 0.15) is 0 Å². The van der Waals surface area contributed by atoms with Crippen LogP contribution in [-0.2, 0) is 17.9 Å². The molecule has 0 radical (unpaired) electrons. The lowest BCUT2D eigenvalue weighted by atomic mass is 9.82. The molecule has 118 valence electrons. The number of carboxylic acid groups (broad SMARTS) is 1. The van der Waals surface area contributed by atoms with E-state index in [-0.39, 0.29) is 18.4 Å². The summed E-state index contributed by atoms with van der Waals surface area (Å²) < 4.78 is 0. The van der Waals surface area contributed by atoms with Gasteiger partial charge in [0.2, 0.25) is 0 Å². The lowest BCUT2D eigenvalue weighted by Gasteiger charge is -2.29. The number of rotatable bonds is 4. The molecule has 1 aliphatic carbocycles. The first-order chi connectivity index (χ1) is 10.6. The number of nitrogens with zero attached hydrogens (tertiary/aromatic N) is 1. The van der Waals surface area contributed by atoms with E-state index in [4.69, 9.17) is 5.11 Å². The van der Waals surface area contributed by atoms with E-state index in [1.54, 1.807) is 6.07 Å². The van der Waals surface area contributed by atoms with E-state index in [0.29, 0.717) is 37.4 Å². The first-order valence-corrected chi connectivity index (χ1v) is 7.83. The number of benzene rings is 1. The molecular formula is C17H21NO4. The summed E-state index contributed by atoms with van der Waals surface area (Å²) in [7, 11) is 0. The Hall–Kier alpha value is -1.88. The number of hydrogen-bond donors (Lipinski definition) is 2. The Labute approximate surface area is 129 Å². The van der Waals surface area contributed by atoms with Gasteiger partial charge in [0.05, 0.1) is 12.5 Å². The van der Waals surface area contributed by atoms with Crippen LogP contribution in [0.4, 0.5) is 0 Å². The van der Waals surface area contributed by atoms with Gasteiger partial charge >= 0.3 is 5.97 Å². The first-order valence-electron chi connectivity index (χ1n) is 7.83. The van der Waals surface area contributed by atoms with Crippen molar-refractivity contribution in [2.75, 3.05) is 6.54 Å². The van der Waals surface area contributed by atoms with Crippen molar-refractivity contribution in [2.45, 2.75) is 38.8 Å². The molecule has 1 saturated carbocycles. The number of aliphatic carboxylic acids is 1. The number of hydrogen-bond acceptors (Lipinski definition) is 3. The minimum Gasteiger partial charge on any atom is -0.481 e. The van der Waals surface area contributed by atoms with Gasteiger partial charge in [-0.15, -0.1) is 0 Å². The molecule has 0 saturated heterocycles. The molecule has 22 heavy (non-hydrogen) atoms. The lowest BCUT2D eigenvalue weighted by molar-refractivity contribution is -0.143. The molecule has 1 aliphatic heterocycles. The highest BCUT2D eigenvalue weighted by Crippen LogP contribution is 2.32. The summed E-state index contributed by atoms with van der Waals surface area (Å²) in [4.78, 5) is 25.3. The van der Waals surface area contributed by atoms with E-state index in [0.717, 1.165) is 24.0 Å². The zero-order valence-electron chi connectivity index (χ0n) is 12.5. The highest BCUT2D eigenvalue weighted by atomic mass is 16.4. The molecule has 0 aromatic heterocycles. The first kappa shape index (κ1) is 15.0. The van der Waals surface area contributed by atoms with Gasteiger partial charge in [-0.05, 0) is 48.8 Å². The zero-order chi connectivity index (χ0) is 15.7. The average Bonchev–Trinajstić information content (AvgIpc) is 2.83. The predicted molar refractivity (Wildman–Crippen MR) is 80.2 cm³/mol. The Morgan fingerprint density at radius 3 is 2.59 bits per heavy atom. The zero-order valence-corrected chi connectivity index (χ0v) is 12.5. The topological polar surface area (TPSA) is 77.8 Å². The van der Waals surface area contributed by atoms with Crippen molar-refractivity contribution < 1.29 is 19.8 Å². The largest absolute Gasteiger partial charge is 0.481 e. The van der Waals surface area contributed by atoms with Crippen LogP contribution < -0.4 is 0 Å². The number of carboxylic acids is 1. The Bertz CT molecular complexity index is 590. The number of carbonyl (C=O) groups excluding carboxylic acids is 1. The maximum Gasteiger partial charge on any atom is 0.306 e. The average molecular weight is 303 g/mol. The third-order valence-corrected chi connectivity index (χ3v) is 4.91. The summed E-state index contributed by atoms with van der Waals surface area (Å²) in [5.74, 6) is -0.480. The lowest BCUT2D eigenvalue weighted by Crippen LogP contribution is -2.32. The van der Waals surface area contributed by atoms with Crippen molar-refractivity contribution in [3.63, 3.8) is 0 Å². The van der Waals surface area contributed by atoms with Gasteiger partial charge in [-0.3, -0.25) is 9.59 Å². The van der Waals surface area contributed by atoms with Gasteiger partial charge in [0.25, 0.3) is 5.91 Å². The highest BCUT2D eigenvalue weighted by Gasteiger charge is 2.32. The van der Waals surface area contributed by atoms with E-state index in [2.05, 4.69) is 0 Å². The molecule has 5 heteroatoms. The second-order valence-corrected chi connectivity index (χ2v) is 6.39. The van der Waals surface area contributed by atoms with Crippen molar-refractivity contribution in [1.29, 1.82) is 0 Å². The Kier molecular flexibility index (Phi) is 4.16. The van der Waals surface area contributed by atoms with Crippen LogP contribution in [0.15, 0.2) is 18.2 Å². The highest BCUT2D eigenvalue weighted by molar-refractivity contribution is 5.98. The number of aliphatic hydroxyl groups is 1. The van der Waals surface area contributed by atoms with Crippen LogP contribution in [0.1, 0.15) is 47.2 Å². The molecule has 1 aromatic rings. The Balaban J connectivity index is 1.61. The molecule has 1 amide bonds. The van der Waals surface area contributed by atoms with E-state index in [1.165, 1.54) is 0 Å². The third-order valence-electron chi connectivity index (χ3n) is 4.91. The minimum absolute atomic E-state index is 0.0330. The third kappa shape index (κ3) is 2.86. The summed E-state index contributed by atoms with van der Waals surface area (Å²) in [5, 5.41) is 18.2. The van der Waals surface area contributed by atoms with E-state index < -0.39 is 5.97 Å². The monoisotopic (exact) mass is 303 g/mol. The van der Waals surface area contributed by atoms with Crippen LogP contribution in [-0.4, -0.2) is 33.5 Å². The van der Waals surface area contributed by atoms with Gasteiger partial charge in [0.15, 0.2) is 0 Å². The summed E-state index contributed by atoms with van der Waals surface area (Å²) in [6.45, 7) is 1.27. The fourth-order valence-corrected chi connectivity index (χ4v) is 3.56. The summed E-state index contributed by atoms with van der Waals surface area (Å²) in [6.07, 6.45) is 3.17. The van der Waals surface area contributed by atoms with Crippen LogP contribution >= 0.6 is 0 Å². The molecule has 0 atom stereocenters. The van der Waals surface area contributed by atoms with Gasteiger partial charge in [-0.2, -0.15) is 0 Å². The summed E-state index contributed by atoms with van der Waals surface area (Å²) >= 11 is 0. The molecule has 1 heterocycles.